The lowest BCUT2D eigenvalue weighted by Crippen LogP contribution is -2.16. The molecular formula is C11H17F3N4O. The summed E-state index contributed by atoms with van der Waals surface area (Å²) in [6.45, 7) is 4.52. The third kappa shape index (κ3) is 5.29. The Morgan fingerprint density at radius 1 is 1.32 bits per heavy atom. The molecule has 1 aromatic heterocycles. The van der Waals surface area contributed by atoms with Crippen LogP contribution >= 0.6 is 0 Å². The number of hydrogen-bond acceptors (Lipinski definition) is 5. The number of aromatic nitrogens is 2. The molecule has 0 amide bonds. The molecule has 108 valence electrons. The second-order valence-corrected chi connectivity index (χ2v) is 4.06. The zero-order valence-corrected chi connectivity index (χ0v) is 11.0. The van der Waals surface area contributed by atoms with Gasteiger partial charge < -0.3 is 15.4 Å². The quantitative estimate of drug-likeness (QED) is 0.782. The van der Waals surface area contributed by atoms with E-state index in [-0.39, 0.29) is 17.9 Å². The van der Waals surface area contributed by atoms with E-state index in [1.165, 1.54) is 7.05 Å². The smallest absolute Gasteiger partial charge is 0.377 e. The molecule has 0 saturated carbocycles. The minimum Gasteiger partial charge on any atom is -0.377 e. The average molecular weight is 278 g/mol. The van der Waals surface area contributed by atoms with E-state index in [9.17, 15) is 13.2 Å². The van der Waals surface area contributed by atoms with Gasteiger partial charge in [-0.25, -0.2) is 4.98 Å². The predicted octanol–water partition coefficient (Wildman–Crippen LogP) is 2.37. The maximum atomic E-state index is 12.6. The van der Waals surface area contributed by atoms with Crippen molar-refractivity contribution in [3.05, 3.63) is 11.8 Å². The van der Waals surface area contributed by atoms with Gasteiger partial charge in [-0.3, -0.25) is 0 Å². The normalized spacial score (nSPS) is 11.7. The fraction of sp³-hybridized carbons (Fsp3) is 0.636. The Morgan fingerprint density at radius 3 is 2.53 bits per heavy atom. The summed E-state index contributed by atoms with van der Waals surface area (Å²) in [4.78, 5) is 7.25. The molecule has 1 heterocycles. The fourth-order valence-corrected chi connectivity index (χ4v) is 1.27. The summed E-state index contributed by atoms with van der Waals surface area (Å²) in [6.07, 6.45) is -4.43. The molecule has 0 aliphatic carbocycles. The summed E-state index contributed by atoms with van der Waals surface area (Å²) < 4.78 is 43.1. The minimum atomic E-state index is -4.50. The van der Waals surface area contributed by atoms with Crippen LogP contribution in [-0.4, -0.2) is 36.3 Å². The number of alkyl halides is 3. The van der Waals surface area contributed by atoms with Gasteiger partial charge in [-0.2, -0.15) is 18.2 Å². The molecule has 0 aliphatic rings. The van der Waals surface area contributed by atoms with Crippen LogP contribution < -0.4 is 10.6 Å². The molecule has 0 atom stereocenters. The summed E-state index contributed by atoms with van der Waals surface area (Å²) in [5.41, 5.74) is -0.987. The highest BCUT2D eigenvalue weighted by molar-refractivity contribution is 5.42. The van der Waals surface area contributed by atoms with E-state index >= 15 is 0 Å². The SMILES string of the molecule is CNc1nc(NCCOC(C)C)cc(C(F)(F)F)n1. The monoisotopic (exact) mass is 278 g/mol. The maximum Gasteiger partial charge on any atom is 0.433 e. The van der Waals surface area contributed by atoms with Crippen molar-refractivity contribution in [1.82, 2.24) is 9.97 Å². The molecule has 1 aromatic rings. The molecule has 0 fully saturated rings. The topological polar surface area (TPSA) is 59.1 Å². The number of rotatable bonds is 6. The Bertz CT molecular complexity index is 409. The Labute approximate surface area is 109 Å². The molecule has 0 aliphatic heterocycles. The van der Waals surface area contributed by atoms with E-state index in [0.717, 1.165) is 6.07 Å². The van der Waals surface area contributed by atoms with Gasteiger partial charge in [0.15, 0.2) is 5.69 Å². The van der Waals surface area contributed by atoms with Gasteiger partial charge in [0.2, 0.25) is 5.95 Å². The lowest BCUT2D eigenvalue weighted by molar-refractivity contribution is -0.141. The van der Waals surface area contributed by atoms with Crippen molar-refractivity contribution in [2.24, 2.45) is 0 Å². The van der Waals surface area contributed by atoms with Crippen molar-refractivity contribution in [1.29, 1.82) is 0 Å². The van der Waals surface area contributed by atoms with Gasteiger partial charge in [-0.05, 0) is 13.8 Å². The summed E-state index contributed by atoms with van der Waals surface area (Å²) in [5, 5.41) is 5.27. The molecule has 0 unspecified atom stereocenters. The summed E-state index contributed by atoms with van der Waals surface area (Å²) in [7, 11) is 1.46. The third-order valence-corrected chi connectivity index (χ3v) is 2.10. The van der Waals surface area contributed by atoms with Crippen molar-refractivity contribution < 1.29 is 17.9 Å². The van der Waals surface area contributed by atoms with Crippen LogP contribution in [0.15, 0.2) is 6.07 Å². The standard InChI is InChI=1S/C11H17F3N4O/c1-7(2)19-5-4-16-9-6-8(11(12,13)14)17-10(15-3)18-9/h6-7H,4-5H2,1-3H3,(H2,15,16,17,18). The lowest BCUT2D eigenvalue weighted by Gasteiger charge is -2.12. The Kier molecular flexibility index (Phi) is 5.34. The van der Waals surface area contributed by atoms with Crippen molar-refractivity contribution in [3.8, 4) is 0 Å². The van der Waals surface area contributed by atoms with E-state index in [2.05, 4.69) is 20.6 Å². The minimum absolute atomic E-state index is 0.0748. The van der Waals surface area contributed by atoms with Crippen LogP contribution in [0.4, 0.5) is 24.9 Å². The van der Waals surface area contributed by atoms with Crippen molar-refractivity contribution in [2.75, 3.05) is 30.8 Å². The summed E-state index contributed by atoms with van der Waals surface area (Å²) in [5.74, 6) is 0.0288. The lowest BCUT2D eigenvalue weighted by atomic mass is 10.3. The Balaban J connectivity index is 2.72. The molecule has 0 saturated heterocycles. The Morgan fingerprint density at radius 2 is 2.00 bits per heavy atom. The van der Waals surface area contributed by atoms with Crippen LogP contribution in [0.3, 0.4) is 0 Å². The number of ether oxygens (including phenoxy) is 1. The zero-order valence-electron chi connectivity index (χ0n) is 11.0. The molecule has 1 rings (SSSR count). The van der Waals surface area contributed by atoms with Gasteiger partial charge in [0, 0.05) is 19.7 Å². The van der Waals surface area contributed by atoms with E-state index in [0.29, 0.717) is 13.2 Å². The summed E-state index contributed by atoms with van der Waals surface area (Å²) in [6, 6.07) is 0.871. The van der Waals surface area contributed by atoms with Gasteiger partial charge in [-0.1, -0.05) is 0 Å². The number of hydrogen-bond donors (Lipinski definition) is 2. The first-order chi connectivity index (χ1) is 8.82. The van der Waals surface area contributed by atoms with Crippen molar-refractivity contribution >= 4 is 11.8 Å². The van der Waals surface area contributed by atoms with Gasteiger partial charge in [0.25, 0.3) is 0 Å². The highest BCUT2D eigenvalue weighted by atomic mass is 19.4. The second-order valence-electron chi connectivity index (χ2n) is 4.06. The van der Waals surface area contributed by atoms with Gasteiger partial charge in [0.05, 0.1) is 12.7 Å². The molecule has 0 spiro atoms. The molecule has 8 heteroatoms. The predicted molar refractivity (Wildman–Crippen MR) is 66.2 cm³/mol. The van der Waals surface area contributed by atoms with Crippen LogP contribution in [0.1, 0.15) is 19.5 Å². The van der Waals surface area contributed by atoms with Crippen LogP contribution in [-0.2, 0) is 10.9 Å². The number of nitrogens with zero attached hydrogens (tertiary/aromatic N) is 2. The van der Waals surface area contributed by atoms with Crippen LogP contribution in [0.2, 0.25) is 0 Å². The second kappa shape index (κ2) is 6.55. The first kappa shape index (κ1) is 15.5. The van der Waals surface area contributed by atoms with E-state index in [1.807, 2.05) is 13.8 Å². The number of nitrogens with one attached hydrogen (secondary N) is 2. The largest absolute Gasteiger partial charge is 0.433 e. The van der Waals surface area contributed by atoms with Crippen molar-refractivity contribution in [2.45, 2.75) is 26.1 Å². The first-order valence-electron chi connectivity index (χ1n) is 5.82. The molecule has 0 aromatic carbocycles. The van der Waals surface area contributed by atoms with Crippen molar-refractivity contribution in [3.63, 3.8) is 0 Å². The fourth-order valence-electron chi connectivity index (χ4n) is 1.27. The molecule has 0 bridgehead atoms. The van der Waals surface area contributed by atoms with Gasteiger partial charge in [-0.15, -0.1) is 0 Å². The highest BCUT2D eigenvalue weighted by Gasteiger charge is 2.33. The van der Waals surface area contributed by atoms with Gasteiger partial charge in [0.1, 0.15) is 5.82 Å². The van der Waals surface area contributed by atoms with Crippen LogP contribution in [0.5, 0.6) is 0 Å². The number of halogens is 3. The molecule has 0 radical (unpaired) electrons. The molecule has 5 nitrogen and oxygen atoms in total. The van der Waals surface area contributed by atoms with Crippen LogP contribution in [0, 0.1) is 0 Å². The molecule has 19 heavy (non-hydrogen) atoms. The Hall–Kier alpha value is -1.57. The van der Waals surface area contributed by atoms with Crippen LogP contribution in [0.25, 0.3) is 0 Å². The van der Waals surface area contributed by atoms with E-state index < -0.39 is 11.9 Å². The van der Waals surface area contributed by atoms with E-state index in [1.54, 1.807) is 0 Å². The maximum absolute atomic E-state index is 12.6. The first-order valence-corrected chi connectivity index (χ1v) is 5.82. The zero-order chi connectivity index (χ0) is 14.5. The average Bonchev–Trinajstić information content (AvgIpc) is 2.33. The number of anilines is 2. The van der Waals surface area contributed by atoms with Gasteiger partial charge >= 0.3 is 6.18 Å². The third-order valence-electron chi connectivity index (χ3n) is 2.10. The molecular weight excluding hydrogens is 261 g/mol. The summed E-state index contributed by atoms with van der Waals surface area (Å²) >= 11 is 0. The van der Waals surface area contributed by atoms with E-state index in [4.69, 9.17) is 4.74 Å². The molecule has 2 N–H and O–H groups in total. The highest BCUT2D eigenvalue weighted by Crippen LogP contribution is 2.29.